The van der Waals surface area contributed by atoms with E-state index in [-0.39, 0.29) is 0 Å². The van der Waals surface area contributed by atoms with E-state index in [0.717, 1.165) is 25.3 Å². The molecular weight excluding hydrogens is 242 g/mol. The van der Waals surface area contributed by atoms with Gasteiger partial charge in [-0.05, 0) is 26.6 Å². The molecule has 0 aliphatic carbocycles. The zero-order valence-corrected chi connectivity index (χ0v) is 11.9. The highest BCUT2D eigenvalue weighted by Crippen LogP contribution is 2.18. The topological polar surface area (TPSA) is 67.5 Å². The Morgan fingerprint density at radius 3 is 3.00 bits per heavy atom. The van der Waals surface area contributed by atoms with E-state index < -0.39 is 0 Å². The van der Waals surface area contributed by atoms with Crippen LogP contribution in [0.5, 0.6) is 0 Å². The maximum absolute atomic E-state index is 5.66. The lowest BCUT2D eigenvalue weighted by Crippen LogP contribution is -2.36. The van der Waals surface area contributed by atoms with Gasteiger partial charge >= 0.3 is 0 Å². The summed E-state index contributed by atoms with van der Waals surface area (Å²) in [6.07, 6.45) is 3.13. The zero-order chi connectivity index (χ0) is 13.8. The predicted molar refractivity (Wildman–Crippen MR) is 74.6 cm³/mol. The first-order valence-electron chi connectivity index (χ1n) is 6.57. The number of methoxy groups -OCH3 is 1. The number of likely N-dealkylation sites (N-methyl/N-ethyl adjacent to an activating group) is 2. The number of likely N-dealkylation sites (tertiary alicyclic amines) is 1. The number of ether oxygens (including phenoxy) is 1. The lowest BCUT2D eigenvalue weighted by molar-refractivity contribution is 0.111. The van der Waals surface area contributed by atoms with Gasteiger partial charge < -0.3 is 10.5 Å². The monoisotopic (exact) mass is 265 g/mol. The molecule has 106 valence electrons. The minimum absolute atomic E-state index is 0.354. The molecule has 0 radical (unpaired) electrons. The third-order valence-corrected chi connectivity index (χ3v) is 3.64. The molecule has 0 unspecified atom stereocenters. The molecule has 1 aromatic heterocycles. The number of anilines is 1. The Morgan fingerprint density at radius 2 is 2.37 bits per heavy atom. The molecule has 1 aromatic rings. The molecule has 1 aliphatic rings. The highest BCUT2D eigenvalue weighted by molar-refractivity contribution is 5.24. The lowest BCUT2D eigenvalue weighted by Gasteiger charge is -2.24. The normalized spacial score (nSPS) is 24.2. The molecule has 19 heavy (non-hydrogen) atoms. The fourth-order valence-electron chi connectivity index (χ4n) is 2.57. The van der Waals surface area contributed by atoms with E-state index in [1.165, 1.54) is 0 Å². The van der Waals surface area contributed by atoms with Crippen LogP contribution in [0.25, 0.3) is 0 Å². The highest BCUT2D eigenvalue weighted by Gasteiger charge is 2.30. The van der Waals surface area contributed by atoms with Crippen molar-refractivity contribution < 1.29 is 4.74 Å². The van der Waals surface area contributed by atoms with Crippen molar-refractivity contribution in [1.82, 2.24) is 19.8 Å². The fourth-order valence-corrected chi connectivity index (χ4v) is 2.57. The first-order valence-corrected chi connectivity index (χ1v) is 6.57. The maximum atomic E-state index is 5.66. The predicted octanol–water partition coefficient (Wildman–Crippen LogP) is 0.210. The van der Waals surface area contributed by atoms with Gasteiger partial charge in [0.05, 0.1) is 12.6 Å². The number of nitrogens with zero attached hydrogens (tertiary/aromatic N) is 4. The third kappa shape index (κ3) is 3.86. The largest absolute Gasteiger partial charge is 0.384 e. The van der Waals surface area contributed by atoms with Crippen molar-refractivity contribution in [2.24, 2.45) is 0 Å². The van der Waals surface area contributed by atoms with Crippen LogP contribution in [-0.4, -0.2) is 66.2 Å². The van der Waals surface area contributed by atoms with Crippen LogP contribution in [0.2, 0.25) is 0 Å². The lowest BCUT2D eigenvalue weighted by atomic mass is 10.2. The minimum Gasteiger partial charge on any atom is -0.384 e. The summed E-state index contributed by atoms with van der Waals surface area (Å²) in [4.78, 5) is 13.0. The summed E-state index contributed by atoms with van der Waals surface area (Å²) in [6.45, 7) is 2.70. The van der Waals surface area contributed by atoms with Crippen LogP contribution < -0.4 is 5.73 Å². The number of rotatable bonds is 5. The van der Waals surface area contributed by atoms with E-state index in [2.05, 4.69) is 33.9 Å². The molecule has 2 rings (SSSR count). The van der Waals surface area contributed by atoms with Crippen LogP contribution >= 0.6 is 0 Å². The molecule has 0 aromatic carbocycles. The average Bonchev–Trinajstić information content (AvgIpc) is 2.70. The second-order valence-electron chi connectivity index (χ2n) is 5.28. The first-order chi connectivity index (χ1) is 9.08. The molecule has 6 heteroatoms. The van der Waals surface area contributed by atoms with Crippen LogP contribution in [0.3, 0.4) is 0 Å². The van der Waals surface area contributed by atoms with Gasteiger partial charge in [-0.25, -0.2) is 9.97 Å². The van der Waals surface area contributed by atoms with E-state index in [0.29, 0.717) is 24.5 Å². The van der Waals surface area contributed by atoms with E-state index in [9.17, 15) is 0 Å². The van der Waals surface area contributed by atoms with E-state index in [4.69, 9.17) is 10.5 Å². The summed E-state index contributed by atoms with van der Waals surface area (Å²) in [5, 5.41) is 0. The van der Waals surface area contributed by atoms with Gasteiger partial charge in [0.2, 0.25) is 0 Å². The average molecular weight is 265 g/mol. The summed E-state index contributed by atoms with van der Waals surface area (Å²) in [7, 11) is 6.01. The molecule has 1 saturated heterocycles. The third-order valence-electron chi connectivity index (χ3n) is 3.64. The van der Waals surface area contributed by atoms with Crippen molar-refractivity contribution in [2.45, 2.75) is 25.1 Å². The summed E-state index contributed by atoms with van der Waals surface area (Å²) in [5.41, 5.74) is 5.66. The van der Waals surface area contributed by atoms with Crippen LogP contribution in [-0.2, 0) is 11.3 Å². The standard InChI is InChI=1S/C13H23N5O/c1-17(9-13-15-5-4-12(14)16-13)7-10-6-11(19-3)8-18(10)2/h4-5,10-11H,6-9H2,1-3H3,(H2,14,15,16)/t10-,11-/m0/s1. The second-order valence-corrected chi connectivity index (χ2v) is 5.28. The van der Waals surface area contributed by atoms with Crippen molar-refractivity contribution in [2.75, 3.05) is 40.0 Å². The molecule has 2 heterocycles. The van der Waals surface area contributed by atoms with Crippen molar-refractivity contribution in [1.29, 1.82) is 0 Å². The molecule has 2 atom stereocenters. The van der Waals surface area contributed by atoms with Gasteiger partial charge in [0, 0.05) is 32.4 Å². The summed E-state index contributed by atoms with van der Waals surface area (Å²) >= 11 is 0. The zero-order valence-electron chi connectivity index (χ0n) is 11.9. The van der Waals surface area contributed by atoms with E-state index >= 15 is 0 Å². The molecule has 6 nitrogen and oxygen atoms in total. The Balaban J connectivity index is 1.86. The smallest absolute Gasteiger partial charge is 0.144 e. The Bertz CT molecular complexity index is 414. The first kappa shape index (κ1) is 14.2. The van der Waals surface area contributed by atoms with Gasteiger partial charge in [-0.3, -0.25) is 9.80 Å². The van der Waals surface area contributed by atoms with Gasteiger partial charge in [-0.1, -0.05) is 0 Å². The van der Waals surface area contributed by atoms with Gasteiger partial charge in [0.1, 0.15) is 11.6 Å². The Labute approximate surface area is 114 Å². The Morgan fingerprint density at radius 1 is 1.58 bits per heavy atom. The van der Waals surface area contributed by atoms with Gasteiger partial charge in [-0.2, -0.15) is 0 Å². The Kier molecular flexibility index (Phi) is 4.68. The molecule has 1 fully saturated rings. The summed E-state index contributed by atoms with van der Waals surface area (Å²) < 4.78 is 5.43. The van der Waals surface area contributed by atoms with Gasteiger partial charge in [0.15, 0.2) is 0 Å². The van der Waals surface area contributed by atoms with Gasteiger partial charge in [-0.15, -0.1) is 0 Å². The van der Waals surface area contributed by atoms with Crippen LogP contribution in [0.1, 0.15) is 12.2 Å². The summed E-state index contributed by atoms with van der Waals surface area (Å²) in [6, 6.07) is 2.23. The van der Waals surface area contributed by atoms with Crippen molar-refractivity contribution in [3.63, 3.8) is 0 Å². The quantitative estimate of drug-likeness (QED) is 0.821. The number of hydrogen-bond acceptors (Lipinski definition) is 6. The molecule has 0 amide bonds. The second kappa shape index (κ2) is 6.27. The van der Waals surface area contributed by atoms with Crippen molar-refractivity contribution in [3.05, 3.63) is 18.1 Å². The van der Waals surface area contributed by atoms with Crippen molar-refractivity contribution >= 4 is 5.82 Å². The van der Waals surface area contributed by atoms with Crippen LogP contribution in [0.4, 0.5) is 5.82 Å². The number of aromatic nitrogens is 2. The number of nitrogens with two attached hydrogens (primary N) is 1. The van der Waals surface area contributed by atoms with Crippen LogP contribution in [0, 0.1) is 0 Å². The highest BCUT2D eigenvalue weighted by atomic mass is 16.5. The molecule has 0 spiro atoms. The van der Waals surface area contributed by atoms with Gasteiger partial charge in [0.25, 0.3) is 0 Å². The molecule has 0 saturated carbocycles. The minimum atomic E-state index is 0.354. The molecule has 2 N–H and O–H groups in total. The summed E-state index contributed by atoms with van der Waals surface area (Å²) in [5.74, 6) is 1.29. The SMILES string of the molecule is CO[C@H]1C[C@@H](CN(C)Cc2nccc(N)n2)N(C)C1. The Hall–Kier alpha value is -1.24. The number of hydrogen-bond donors (Lipinski definition) is 1. The number of nitrogen functional groups attached to an aromatic ring is 1. The molecule has 0 bridgehead atoms. The van der Waals surface area contributed by atoms with E-state index in [1.807, 2.05) is 0 Å². The fraction of sp³-hybridized carbons (Fsp3) is 0.692. The molecule has 1 aliphatic heterocycles. The van der Waals surface area contributed by atoms with Crippen molar-refractivity contribution in [3.8, 4) is 0 Å². The maximum Gasteiger partial charge on any atom is 0.144 e. The molecular formula is C13H23N5O. The van der Waals surface area contributed by atoms with Crippen LogP contribution in [0.15, 0.2) is 12.3 Å². The van der Waals surface area contributed by atoms with E-state index in [1.54, 1.807) is 19.4 Å².